The van der Waals surface area contributed by atoms with E-state index in [1.807, 2.05) is 12.1 Å². The molecule has 0 radical (unpaired) electrons. The predicted molar refractivity (Wildman–Crippen MR) is 100 cm³/mol. The number of hydrogen-bond donors (Lipinski definition) is 1. The van der Waals surface area contributed by atoms with Gasteiger partial charge in [0, 0.05) is 19.1 Å². The molecule has 6 nitrogen and oxygen atoms in total. The standard InChI is InChI=1S/C20H32N2O4/c1-23-19-8-7-15(13-20(19)24-2)10-12-25-18-6-4-3-5-17(18)22-11-9-16(14-22)26-21/h7-8,13,16-18H,3-6,9-12,14,21H2,1-2H3/t16-,17-,18-/m1/s1. The minimum Gasteiger partial charge on any atom is -0.493 e. The maximum Gasteiger partial charge on any atom is 0.160 e. The first-order valence-corrected chi connectivity index (χ1v) is 9.67. The second-order valence-electron chi connectivity index (χ2n) is 7.24. The first-order valence-electron chi connectivity index (χ1n) is 9.67. The van der Waals surface area contributed by atoms with Gasteiger partial charge >= 0.3 is 0 Å². The van der Waals surface area contributed by atoms with Gasteiger partial charge in [-0.3, -0.25) is 9.74 Å². The van der Waals surface area contributed by atoms with E-state index >= 15 is 0 Å². The van der Waals surface area contributed by atoms with Gasteiger partial charge in [0.25, 0.3) is 0 Å². The number of rotatable bonds is 8. The quantitative estimate of drug-likeness (QED) is 0.715. The minimum atomic E-state index is 0.171. The molecule has 2 N–H and O–H groups in total. The van der Waals surface area contributed by atoms with Gasteiger partial charge in [0.15, 0.2) is 11.5 Å². The highest BCUT2D eigenvalue weighted by molar-refractivity contribution is 5.42. The Kier molecular flexibility index (Phi) is 7.14. The smallest absolute Gasteiger partial charge is 0.160 e. The van der Waals surface area contributed by atoms with E-state index < -0.39 is 0 Å². The van der Waals surface area contributed by atoms with Crippen molar-refractivity contribution in [1.29, 1.82) is 0 Å². The summed E-state index contributed by atoms with van der Waals surface area (Å²) >= 11 is 0. The Morgan fingerprint density at radius 2 is 1.88 bits per heavy atom. The van der Waals surface area contributed by atoms with E-state index in [2.05, 4.69) is 11.0 Å². The van der Waals surface area contributed by atoms with Crippen LogP contribution in [0.5, 0.6) is 11.5 Å². The number of nitrogens with two attached hydrogens (primary N) is 1. The fourth-order valence-corrected chi connectivity index (χ4v) is 4.22. The summed E-state index contributed by atoms with van der Waals surface area (Å²) in [6, 6.07) is 6.56. The van der Waals surface area contributed by atoms with E-state index in [0.717, 1.165) is 50.5 Å². The lowest BCUT2D eigenvalue weighted by Gasteiger charge is -2.37. The zero-order valence-electron chi connectivity index (χ0n) is 16.0. The van der Waals surface area contributed by atoms with Crippen molar-refractivity contribution in [2.75, 3.05) is 33.9 Å². The molecule has 1 aliphatic heterocycles. The summed E-state index contributed by atoms with van der Waals surface area (Å²) in [4.78, 5) is 7.55. The van der Waals surface area contributed by atoms with Crippen LogP contribution in [-0.2, 0) is 16.0 Å². The van der Waals surface area contributed by atoms with Crippen LogP contribution in [0.1, 0.15) is 37.7 Å². The first kappa shape index (κ1) is 19.4. The largest absolute Gasteiger partial charge is 0.493 e. The molecule has 1 heterocycles. The van der Waals surface area contributed by atoms with Gasteiger partial charge in [-0.2, -0.15) is 0 Å². The summed E-state index contributed by atoms with van der Waals surface area (Å²) in [6.07, 6.45) is 7.25. The van der Waals surface area contributed by atoms with Crippen molar-refractivity contribution >= 4 is 0 Å². The van der Waals surface area contributed by atoms with Crippen molar-refractivity contribution in [2.24, 2.45) is 5.90 Å². The van der Waals surface area contributed by atoms with Crippen LogP contribution in [-0.4, -0.2) is 57.1 Å². The molecule has 3 atom stereocenters. The summed E-state index contributed by atoms with van der Waals surface area (Å²) in [6.45, 7) is 2.71. The van der Waals surface area contributed by atoms with Crippen molar-refractivity contribution in [3.63, 3.8) is 0 Å². The minimum absolute atomic E-state index is 0.171. The van der Waals surface area contributed by atoms with Gasteiger partial charge < -0.3 is 14.2 Å². The first-order chi connectivity index (χ1) is 12.7. The molecular weight excluding hydrogens is 332 g/mol. The summed E-state index contributed by atoms with van der Waals surface area (Å²) < 4.78 is 17.0. The molecule has 1 aliphatic carbocycles. The molecule has 2 fully saturated rings. The summed E-state index contributed by atoms with van der Waals surface area (Å²) in [5.41, 5.74) is 1.20. The molecule has 0 spiro atoms. The molecule has 26 heavy (non-hydrogen) atoms. The average molecular weight is 364 g/mol. The van der Waals surface area contributed by atoms with E-state index in [1.54, 1.807) is 14.2 Å². The maximum absolute atomic E-state index is 6.33. The fraction of sp³-hybridized carbons (Fsp3) is 0.700. The van der Waals surface area contributed by atoms with E-state index in [9.17, 15) is 0 Å². The van der Waals surface area contributed by atoms with Gasteiger partial charge in [-0.25, -0.2) is 5.90 Å². The van der Waals surface area contributed by atoms with Gasteiger partial charge in [-0.05, 0) is 43.4 Å². The molecule has 0 bridgehead atoms. The Hall–Kier alpha value is -1.34. The highest BCUT2D eigenvalue weighted by Crippen LogP contribution is 2.30. The third-order valence-electron chi connectivity index (χ3n) is 5.68. The van der Waals surface area contributed by atoms with Crippen molar-refractivity contribution in [1.82, 2.24) is 4.90 Å². The molecule has 146 valence electrons. The molecule has 2 aliphatic rings. The average Bonchev–Trinajstić information content (AvgIpc) is 3.17. The summed E-state index contributed by atoms with van der Waals surface area (Å²) in [5, 5.41) is 0. The monoisotopic (exact) mass is 364 g/mol. The van der Waals surface area contributed by atoms with Crippen LogP contribution in [0.15, 0.2) is 18.2 Å². The normalized spacial score (nSPS) is 26.8. The van der Waals surface area contributed by atoms with Crippen molar-refractivity contribution in [2.45, 2.75) is 56.8 Å². The van der Waals surface area contributed by atoms with E-state index in [4.69, 9.17) is 24.9 Å². The lowest BCUT2D eigenvalue weighted by Crippen LogP contribution is -2.46. The Bertz CT molecular complexity index is 569. The highest BCUT2D eigenvalue weighted by atomic mass is 16.6. The number of nitrogens with zero attached hydrogens (tertiary/aromatic N) is 1. The lowest BCUT2D eigenvalue weighted by molar-refractivity contribution is -0.0346. The van der Waals surface area contributed by atoms with Gasteiger partial charge in [0.05, 0.1) is 33.0 Å². The molecule has 0 aromatic heterocycles. The van der Waals surface area contributed by atoms with Crippen molar-refractivity contribution in [3.8, 4) is 11.5 Å². The SMILES string of the molecule is COc1ccc(CCO[C@@H]2CCCC[C@H]2N2CC[C@@H](ON)C2)cc1OC. The Morgan fingerprint density at radius 1 is 1.08 bits per heavy atom. The zero-order valence-corrected chi connectivity index (χ0v) is 16.0. The second-order valence-corrected chi connectivity index (χ2v) is 7.24. The topological polar surface area (TPSA) is 66.2 Å². The van der Waals surface area contributed by atoms with Crippen LogP contribution < -0.4 is 15.4 Å². The molecule has 1 aromatic rings. The van der Waals surface area contributed by atoms with Crippen LogP contribution in [0.25, 0.3) is 0 Å². The Labute approximate surface area is 156 Å². The Morgan fingerprint density at radius 3 is 2.62 bits per heavy atom. The zero-order chi connectivity index (χ0) is 18.4. The third-order valence-corrected chi connectivity index (χ3v) is 5.68. The highest BCUT2D eigenvalue weighted by Gasteiger charge is 2.35. The van der Waals surface area contributed by atoms with Crippen LogP contribution in [0.4, 0.5) is 0 Å². The van der Waals surface area contributed by atoms with Gasteiger partial charge in [0.2, 0.25) is 0 Å². The number of hydrogen-bond acceptors (Lipinski definition) is 6. The van der Waals surface area contributed by atoms with Crippen molar-refractivity contribution in [3.05, 3.63) is 23.8 Å². The molecule has 6 heteroatoms. The number of benzene rings is 1. The van der Waals surface area contributed by atoms with Gasteiger partial charge in [-0.15, -0.1) is 0 Å². The third kappa shape index (κ3) is 4.68. The molecule has 3 rings (SSSR count). The second kappa shape index (κ2) is 9.55. The number of likely N-dealkylation sites (tertiary alicyclic amines) is 1. The van der Waals surface area contributed by atoms with Gasteiger partial charge in [-0.1, -0.05) is 18.9 Å². The van der Waals surface area contributed by atoms with Crippen LogP contribution in [0.2, 0.25) is 0 Å². The maximum atomic E-state index is 6.33. The number of methoxy groups -OCH3 is 2. The molecular formula is C20H32N2O4. The van der Waals surface area contributed by atoms with Crippen molar-refractivity contribution < 1.29 is 19.0 Å². The molecule has 0 unspecified atom stereocenters. The molecule has 1 aromatic carbocycles. The molecule has 1 saturated carbocycles. The predicted octanol–water partition coefficient (Wildman–Crippen LogP) is 2.54. The fourth-order valence-electron chi connectivity index (χ4n) is 4.22. The van der Waals surface area contributed by atoms with Crippen LogP contribution >= 0.6 is 0 Å². The summed E-state index contributed by atoms with van der Waals surface area (Å²) in [5.74, 6) is 6.90. The van der Waals surface area contributed by atoms with Crippen LogP contribution in [0, 0.1) is 0 Å². The van der Waals surface area contributed by atoms with Crippen LogP contribution in [0.3, 0.4) is 0 Å². The Balaban J connectivity index is 1.52. The van der Waals surface area contributed by atoms with E-state index in [0.29, 0.717) is 12.1 Å². The van der Waals surface area contributed by atoms with Gasteiger partial charge in [0.1, 0.15) is 0 Å². The lowest BCUT2D eigenvalue weighted by atomic mass is 9.91. The van der Waals surface area contributed by atoms with E-state index in [1.165, 1.54) is 24.8 Å². The molecule has 1 saturated heterocycles. The summed E-state index contributed by atoms with van der Waals surface area (Å²) in [7, 11) is 3.32. The van der Waals surface area contributed by atoms with E-state index in [-0.39, 0.29) is 6.10 Å². The number of ether oxygens (including phenoxy) is 3. The molecule has 0 amide bonds.